The average Bonchev–Trinajstić information content (AvgIpc) is 3.28. The molecular formula is C16H24FNO2S. The van der Waals surface area contributed by atoms with E-state index < -0.39 is 9.84 Å². The Morgan fingerprint density at radius 1 is 1.29 bits per heavy atom. The minimum absolute atomic E-state index is 0.203. The van der Waals surface area contributed by atoms with Crippen LogP contribution in [-0.4, -0.2) is 32.5 Å². The standard InChI is InChI=1S/C16H24FNO2S/c1-2-21(19,20)11-3-4-14(12-18-16-9-10-16)13-5-7-15(17)8-6-13/h5-8,14,16,18H,2-4,9-12H2,1H3. The smallest absolute Gasteiger partial charge is 0.150 e. The lowest BCUT2D eigenvalue weighted by molar-refractivity contribution is 0.536. The van der Waals surface area contributed by atoms with E-state index in [1.54, 1.807) is 6.92 Å². The molecule has 0 aromatic heterocycles. The van der Waals surface area contributed by atoms with E-state index in [0.717, 1.165) is 18.5 Å². The van der Waals surface area contributed by atoms with Gasteiger partial charge in [-0.2, -0.15) is 0 Å². The third-order valence-electron chi connectivity index (χ3n) is 4.02. The zero-order valence-corrected chi connectivity index (χ0v) is 13.3. The van der Waals surface area contributed by atoms with Gasteiger partial charge in [0.1, 0.15) is 15.7 Å². The van der Waals surface area contributed by atoms with E-state index in [1.807, 2.05) is 12.1 Å². The second-order valence-electron chi connectivity index (χ2n) is 5.81. The minimum Gasteiger partial charge on any atom is -0.313 e. The van der Waals surface area contributed by atoms with Gasteiger partial charge in [-0.05, 0) is 49.3 Å². The lowest BCUT2D eigenvalue weighted by atomic mass is 9.94. The van der Waals surface area contributed by atoms with Crippen molar-refractivity contribution in [1.82, 2.24) is 5.32 Å². The van der Waals surface area contributed by atoms with Crippen molar-refractivity contribution in [2.24, 2.45) is 0 Å². The van der Waals surface area contributed by atoms with E-state index in [1.165, 1.54) is 25.0 Å². The molecule has 0 spiro atoms. The molecule has 0 bridgehead atoms. The van der Waals surface area contributed by atoms with Crippen molar-refractivity contribution in [2.45, 2.75) is 44.6 Å². The molecule has 1 unspecified atom stereocenters. The molecule has 5 heteroatoms. The van der Waals surface area contributed by atoms with Crippen LogP contribution < -0.4 is 5.32 Å². The third-order valence-corrected chi connectivity index (χ3v) is 5.81. The Labute approximate surface area is 126 Å². The predicted molar refractivity (Wildman–Crippen MR) is 83.7 cm³/mol. The molecule has 1 atom stereocenters. The molecular weight excluding hydrogens is 289 g/mol. The molecule has 0 aliphatic heterocycles. The average molecular weight is 313 g/mol. The van der Waals surface area contributed by atoms with Crippen molar-refractivity contribution in [3.8, 4) is 0 Å². The molecule has 2 rings (SSSR count). The van der Waals surface area contributed by atoms with Crippen molar-refractivity contribution in [3.05, 3.63) is 35.6 Å². The Balaban J connectivity index is 1.92. The number of hydrogen-bond acceptors (Lipinski definition) is 3. The maximum atomic E-state index is 13.0. The molecule has 1 aromatic rings. The van der Waals surface area contributed by atoms with Gasteiger partial charge in [-0.1, -0.05) is 19.1 Å². The van der Waals surface area contributed by atoms with E-state index in [9.17, 15) is 12.8 Å². The van der Waals surface area contributed by atoms with Crippen molar-refractivity contribution in [2.75, 3.05) is 18.1 Å². The summed E-state index contributed by atoms with van der Waals surface area (Å²) in [5, 5.41) is 3.49. The number of benzene rings is 1. The Morgan fingerprint density at radius 2 is 1.95 bits per heavy atom. The zero-order valence-electron chi connectivity index (χ0n) is 12.5. The Kier molecular flexibility index (Phi) is 5.76. The molecule has 1 N–H and O–H groups in total. The van der Waals surface area contributed by atoms with Crippen LogP contribution in [0.25, 0.3) is 0 Å². The van der Waals surface area contributed by atoms with Crippen molar-refractivity contribution in [1.29, 1.82) is 0 Å². The quantitative estimate of drug-likeness (QED) is 0.762. The molecule has 0 heterocycles. The van der Waals surface area contributed by atoms with E-state index in [2.05, 4.69) is 5.32 Å². The first-order chi connectivity index (χ1) is 10.00. The lowest BCUT2D eigenvalue weighted by Crippen LogP contribution is -2.24. The Bertz CT molecular complexity index is 538. The van der Waals surface area contributed by atoms with Gasteiger partial charge >= 0.3 is 0 Å². The SMILES string of the molecule is CCS(=O)(=O)CCCC(CNC1CC1)c1ccc(F)cc1. The summed E-state index contributed by atoms with van der Waals surface area (Å²) in [5.41, 5.74) is 1.08. The van der Waals surface area contributed by atoms with Crippen LogP contribution in [0.3, 0.4) is 0 Å². The molecule has 0 saturated heterocycles. The first-order valence-corrected chi connectivity index (χ1v) is 9.51. The monoisotopic (exact) mass is 313 g/mol. The van der Waals surface area contributed by atoms with E-state index in [4.69, 9.17) is 0 Å². The fourth-order valence-corrected chi connectivity index (χ4v) is 3.31. The minimum atomic E-state index is -2.90. The first kappa shape index (κ1) is 16.4. The molecule has 1 aromatic carbocycles. The van der Waals surface area contributed by atoms with Gasteiger partial charge in [0, 0.05) is 18.3 Å². The lowest BCUT2D eigenvalue weighted by Gasteiger charge is -2.18. The molecule has 0 amide bonds. The fraction of sp³-hybridized carbons (Fsp3) is 0.625. The first-order valence-electron chi connectivity index (χ1n) is 7.69. The van der Waals surface area contributed by atoms with E-state index >= 15 is 0 Å². The van der Waals surface area contributed by atoms with Crippen LogP contribution >= 0.6 is 0 Å². The number of halogens is 1. The number of hydrogen-bond donors (Lipinski definition) is 1. The van der Waals surface area contributed by atoms with Gasteiger partial charge in [0.25, 0.3) is 0 Å². The summed E-state index contributed by atoms with van der Waals surface area (Å²) in [5.74, 6) is 0.457. The summed E-state index contributed by atoms with van der Waals surface area (Å²) in [4.78, 5) is 0. The molecule has 1 aliphatic carbocycles. The van der Waals surface area contributed by atoms with Gasteiger partial charge in [-0.25, -0.2) is 12.8 Å². The highest BCUT2D eigenvalue weighted by molar-refractivity contribution is 7.91. The Hall–Kier alpha value is -0.940. The van der Waals surface area contributed by atoms with Crippen LogP contribution in [0.15, 0.2) is 24.3 Å². The summed E-state index contributed by atoms with van der Waals surface area (Å²) in [6.45, 7) is 2.52. The highest BCUT2D eigenvalue weighted by Crippen LogP contribution is 2.24. The molecule has 1 aliphatic rings. The summed E-state index contributed by atoms with van der Waals surface area (Å²) < 4.78 is 36.2. The molecule has 1 saturated carbocycles. The topological polar surface area (TPSA) is 46.2 Å². The second kappa shape index (κ2) is 7.36. The highest BCUT2D eigenvalue weighted by atomic mass is 32.2. The van der Waals surface area contributed by atoms with Crippen LogP contribution in [0, 0.1) is 5.82 Å². The molecule has 1 fully saturated rings. The van der Waals surface area contributed by atoms with Crippen molar-refractivity contribution < 1.29 is 12.8 Å². The van der Waals surface area contributed by atoms with Crippen LogP contribution in [0.1, 0.15) is 44.1 Å². The van der Waals surface area contributed by atoms with Crippen LogP contribution in [0.4, 0.5) is 4.39 Å². The maximum absolute atomic E-state index is 13.0. The molecule has 0 radical (unpaired) electrons. The zero-order chi connectivity index (χ0) is 15.3. The van der Waals surface area contributed by atoms with Crippen LogP contribution in [0.5, 0.6) is 0 Å². The van der Waals surface area contributed by atoms with Gasteiger partial charge in [-0.3, -0.25) is 0 Å². The van der Waals surface area contributed by atoms with Gasteiger partial charge in [0.2, 0.25) is 0 Å². The summed E-state index contributed by atoms with van der Waals surface area (Å²) in [7, 11) is -2.90. The van der Waals surface area contributed by atoms with Gasteiger partial charge in [0.15, 0.2) is 0 Å². The molecule has 3 nitrogen and oxygen atoms in total. The van der Waals surface area contributed by atoms with Crippen LogP contribution in [0.2, 0.25) is 0 Å². The number of nitrogens with one attached hydrogen (secondary N) is 1. The largest absolute Gasteiger partial charge is 0.313 e. The maximum Gasteiger partial charge on any atom is 0.150 e. The highest BCUT2D eigenvalue weighted by Gasteiger charge is 2.22. The fourth-order valence-electron chi connectivity index (χ4n) is 2.41. The Morgan fingerprint density at radius 3 is 2.52 bits per heavy atom. The third kappa shape index (κ3) is 5.75. The van der Waals surface area contributed by atoms with E-state index in [0.29, 0.717) is 12.5 Å². The molecule has 118 valence electrons. The summed E-state index contributed by atoms with van der Waals surface area (Å²) in [6, 6.07) is 7.18. The van der Waals surface area contributed by atoms with Crippen LogP contribution in [-0.2, 0) is 9.84 Å². The summed E-state index contributed by atoms with van der Waals surface area (Å²) >= 11 is 0. The number of rotatable bonds is 9. The summed E-state index contributed by atoms with van der Waals surface area (Å²) in [6.07, 6.45) is 3.91. The second-order valence-corrected chi connectivity index (χ2v) is 8.28. The molecule has 21 heavy (non-hydrogen) atoms. The van der Waals surface area contributed by atoms with Crippen molar-refractivity contribution >= 4 is 9.84 Å². The van der Waals surface area contributed by atoms with Gasteiger partial charge in [0.05, 0.1) is 5.75 Å². The van der Waals surface area contributed by atoms with E-state index in [-0.39, 0.29) is 23.2 Å². The van der Waals surface area contributed by atoms with Crippen molar-refractivity contribution in [3.63, 3.8) is 0 Å². The number of sulfone groups is 1. The normalized spacial score (nSPS) is 16.9. The van der Waals surface area contributed by atoms with Gasteiger partial charge < -0.3 is 5.32 Å². The predicted octanol–water partition coefficient (Wildman–Crippen LogP) is 2.88. The van der Waals surface area contributed by atoms with Gasteiger partial charge in [-0.15, -0.1) is 0 Å².